The first kappa shape index (κ1) is 17.4. The first-order chi connectivity index (χ1) is 13.3. The first-order valence-electron chi connectivity index (χ1n) is 9.25. The molecule has 4 rings (SSSR count). The van der Waals surface area contributed by atoms with Crippen molar-refractivity contribution in [2.24, 2.45) is 0 Å². The van der Waals surface area contributed by atoms with E-state index in [1.165, 1.54) is 11.1 Å². The number of carbonyl (C=O) groups excluding carboxylic acids is 1. The SMILES string of the molecule is O=C(CCC1Cc2ccccc2CN1)Nc1cnc(-c2ccccc2)nc1. The zero-order chi connectivity index (χ0) is 18.5. The molecule has 2 aromatic carbocycles. The molecular weight excluding hydrogens is 336 g/mol. The fourth-order valence-electron chi connectivity index (χ4n) is 3.38. The van der Waals surface area contributed by atoms with Crippen LogP contribution < -0.4 is 10.6 Å². The predicted octanol–water partition coefficient (Wildman–Crippen LogP) is 3.58. The monoisotopic (exact) mass is 358 g/mol. The fraction of sp³-hybridized carbons (Fsp3) is 0.227. The van der Waals surface area contributed by atoms with E-state index >= 15 is 0 Å². The van der Waals surface area contributed by atoms with E-state index in [9.17, 15) is 4.79 Å². The average Bonchev–Trinajstić information content (AvgIpc) is 2.73. The summed E-state index contributed by atoms with van der Waals surface area (Å²) in [4.78, 5) is 20.9. The van der Waals surface area contributed by atoms with Gasteiger partial charge in [-0.3, -0.25) is 4.79 Å². The van der Waals surface area contributed by atoms with Crippen molar-refractivity contribution in [2.75, 3.05) is 5.32 Å². The Labute approximate surface area is 158 Å². The molecule has 1 aliphatic heterocycles. The highest BCUT2D eigenvalue weighted by Crippen LogP contribution is 2.19. The van der Waals surface area contributed by atoms with Crippen molar-refractivity contribution < 1.29 is 4.79 Å². The van der Waals surface area contributed by atoms with E-state index in [0.29, 0.717) is 24.0 Å². The number of fused-ring (bicyclic) bond motifs is 1. The van der Waals surface area contributed by atoms with Crippen molar-refractivity contribution in [3.8, 4) is 11.4 Å². The molecule has 3 aromatic rings. The van der Waals surface area contributed by atoms with Gasteiger partial charge in [0.25, 0.3) is 0 Å². The third kappa shape index (κ3) is 4.38. The molecule has 1 aliphatic rings. The van der Waals surface area contributed by atoms with Gasteiger partial charge in [-0.25, -0.2) is 9.97 Å². The second-order valence-electron chi connectivity index (χ2n) is 6.80. The maximum Gasteiger partial charge on any atom is 0.224 e. The van der Waals surface area contributed by atoms with Gasteiger partial charge in [0.05, 0.1) is 18.1 Å². The second kappa shape index (κ2) is 8.10. The molecule has 5 nitrogen and oxygen atoms in total. The molecule has 0 spiro atoms. The van der Waals surface area contributed by atoms with Crippen LogP contribution >= 0.6 is 0 Å². The van der Waals surface area contributed by atoms with Gasteiger partial charge in [0.15, 0.2) is 5.82 Å². The zero-order valence-corrected chi connectivity index (χ0v) is 15.1. The van der Waals surface area contributed by atoms with Gasteiger partial charge in [-0.1, -0.05) is 54.6 Å². The van der Waals surface area contributed by atoms with E-state index in [-0.39, 0.29) is 5.91 Å². The molecule has 0 fully saturated rings. The van der Waals surface area contributed by atoms with E-state index in [0.717, 1.165) is 24.9 Å². The van der Waals surface area contributed by atoms with Gasteiger partial charge in [-0.15, -0.1) is 0 Å². The van der Waals surface area contributed by atoms with Crippen LogP contribution in [0.2, 0.25) is 0 Å². The third-order valence-electron chi connectivity index (χ3n) is 4.85. The van der Waals surface area contributed by atoms with Crippen LogP contribution in [0.15, 0.2) is 67.0 Å². The van der Waals surface area contributed by atoms with E-state index in [1.807, 2.05) is 30.3 Å². The summed E-state index contributed by atoms with van der Waals surface area (Å²) in [5.74, 6) is 0.644. The highest BCUT2D eigenvalue weighted by atomic mass is 16.1. The molecule has 0 saturated heterocycles. The summed E-state index contributed by atoms with van der Waals surface area (Å²) in [6, 6.07) is 18.6. The number of anilines is 1. The molecule has 1 atom stereocenters. The lowest BCUT2D eigenvalue weighted by Gasteiger charge is -2.26. The topological polar surface area (TPSA) is 66.9 Å². The van der Waals surface area contributed by atoms with Crippen LogP contribution in [0.1, 0.15) is 24.0 Å². The van der Waals surface area contributed by atoms with Gasteiger partial charge in [0.2, 0.25) is 5.91 Å². The van der Waals surface area contributed by atoms with E-state index in [1.54, 1.807) is 12.4 Å². The maximum absolute atomic E-state index is 12.3. The van der Waals surface area contributed by atoms with Crippen molar-refractivity contribution in [1.82, 2.24) is 15.3 Å². The minimum atomic E-state index is -0.00767. The van der Waals surface area contributed by atoms with Gasteiger partial charge in [-0.2, -0.15) is 0 Å². The lowest BCUT2D eigenvalue weighted by Crippen LogP contribution is -2.36. The number of benzene rings is 2. The van der Waals surface area contributed by atoms with Crippen molar-refractivity contribution in [3.05, 3.63) is 78.1 Å². The van der Waals surface area contributed by atoms with Crippen LogP contribution in [0.3, 0.4) is 0 Å². The zero-order valence-electron chi connectivity index (χ0n) is 15.1. The number of hydrogen-bond donors (Lipinski definition) is 2. The highest BCUT2D eigenvalue weighted by Gasteiger charge is 2.18. The minimum absolute atomic E-state index is 0.00767. The van der Waals surface area contributed by atoms with Crippen LogP contribution in [0, 0.1) is 0 Å². The van der Waals surface area contributed by atoms with Gasteiger partial charge >= 0.3 is 0 Å². The largest absolute Gasteiger partial charge is 0.323 e. The molecule has 27 heavy (non-hydrogen) atoms. The Bertz CT molecular complexity index is 909. The average molecular weight is 358 g/mol. The number of hydrogen-bond acceptors (Lipinski definition) is 4. The fourth-order valence-corrected chi connectivity index (χ4v) is 3.38. The minimum Gasteiger partial charge on any atom is -0.323 e. The number of amides is 1. The smallest absolute Gasteiger partial charge is 0.224 e. The van der Waals surface area contributed by atoms with Crippen LogP contribution in [-0.2, 0) is 17.8 Å². The molecule has 0 radical (unpaired) electrons. The summed E-state index contributed by atoms with van der Waals surface area (Å²) in [6.07, 6.45) is 5.56. The van der Waals surface area contributed by atoms with Crippen molar-refractivity contribution >= 4 is 11.6 Å². The van der Waals surface area contributed by atoms with Crippen molar-refractivity contribution in [1.29, 1.82) is 0 Å². The van der Waals surface area contributed by atoms with Crippen LogP contribution in [0.4, 0.5) is 5.69 Å². The Morgan fingerprint density at radius 2 is 1.70 bits per heavy atom. The number of aromatic nitrogens is 2. The number of nitrogens with one attached hydrogen (secondary N) is 2. The Kier molecular flexibility index (Phi) is 5.21. The molecule has 1 aromatic heterocycles. The normalized spacial score (nSPS) is 15.8. The molecule has 5 heteroatoms. The summed E-state index contributed by atoms with van der Waals surface area (Å²) in [5.41, 5.74) is 4.32. The van der Waals surface area contributed by atoms with E-state index in [4.69, 9.17) is 0 Å². The molecular formula is C22H22N4O. The molecule has 1 unspecified atom stereocenters. The summed E-state index contributed by atoms with van der Waals surface area (Å²) < 4.78 is 0. The van der Waals surface area contributed by atoms with Crippen molar-refractivity contribution in [3.63, 3.8) is 0 Å². The van der Waals surface area contributed by atoms with E-state index < -0.39 is 0 Å². The summed E-state index contributed by atoms with van der Waals surface area (Å²) in [7, 11) is 0. The Morgan fingerprint density at radius 1 is 1.00 bits per heavy atom. The van der Waals surface area contributed by atoms with Crippen molar-refractivity contribution in [2.45, 2.75) is 31.8 Å². The van der Waals surface area contributed by atoms with Gasteiger partial charge in [-0.05, 0) is 24.0 Å². The maximum atomic E-state index is 12.3. The van der Waals surface area contributed by atoms with Crippen LogP contribution in [-0.4, -0.2) is 21.9 Å². The van der Waals surface area contributed by atoms with Gasteiger partial charge < -0.3 is 10.6 Å². The quantitative estimate of drug-likeness (QED) is 0.732. The predicted molar refractivity (Wildman–Crippen MR) is 106 cm³/mol. The molecule has 2 N–H and O–H groups in total. The summed E-state index contributed by atoms with van der Waals surface area (Å²) >= 11 is 0. The van der Waals surface area contributed by atoms with Gasteiger partial charge in [0, 0.05) is 24.6 Å². The molecule has 0 bridgehead atoms. The van der Waals surface area contributed by atoms with Gasteiger partial charge in [0.1, 0.15) is 0 Å². The summed E-state index contributed by atoms with van der Waals surface area (Å²) in [6.45, 7) is 0.872. The molecule has 0 saturated carbocycles. The standard InChI is InChI=1S/C22H22N4O/c27-21(11-10-19-12-17-8-4-5-9-18(17)13-23-19)26-20-14-24-22(25-15-20)16-6-2-1-3-7-16/h1-9,14-15,19,23H,10-13H2,(H,26,27). The molecule has 1 amide bonds. The molecule has 2 heterocycles. The second-order valence-corrected chi connectivity index (χ2v) is 6.80. The lowest BCUT2D eigenvalue weighted by molar-refractivity contribution is -0.116. The van der Waals surface area contributed by atoms with E-state index in [2.05, 4.69) is 44.9 Å². The lowest BCUT2D eigenvalue weighted by atomic mass is 9.93. The summed E-state index contributed by atoms with van der Waals surface area (Å²) in [5, 5.41) is 6.40. The Morgan fingerprint density at radius 3 is 2.48 bits per heavy atom. The number of carbonyl (C=O) groups is 1. The Balaban J connectivity index is 1.29. The third-order valence-corrected chi connectivity index (χ3v) is 4.85. The van der Waals surface area contributed by atoms with Crippen LogP contribution in [0.5, 0.6) is 0 Å². The molecule has 136 valence electrons. The first-order valence-corrected chi connectivity index (χ1v) is 9.25. The highest BCUT2D eigenvalue weighted by molar-refractivity contribution is 5.90. The Hall–Kier alpha value is -3.05. The number of rotatable bonds is 5. The molecule has 0 aliphatic carbocycles. The van der Waals surface area contributed by atoms with Crippen LogP contribution in [0.25, 0.3) is 11.4 Å². The number of nitrogens with zero attached hydrogens (tertiary/aromatic N) is 2.